The first-order chi connectivity index (χ1) is 13.5. The van der Waals surface area contributed by atoms with Crippen LogP contribution in [0.25, 0.3) is 11.1 Å². The highest BCUT2D eigenvalue weighted by molar-refractivity contribution is 6.30. The van der Waals surface area contributed by atoms with Gasteiger partial charge in [-0.05, 0) is 30.5 Å². The lowest BCUT2D eigenvalue weighted by molar-refractivity contribution is -0.133. The minimum atomic E-state index is 0.137. The molecule has 1 aliphatic rings. The molecule has 2 heterocycles. The first kappa shape index (κ1) is 20.6. The fourth-order valence-corrected chi connectivity index (χ4v) is 3.75. The van der Waals surface area contributed by atoms with Gasteiger partial charge in [0.25, 0.3) is 0 Å². The van der Waals surface area contributed by atoms with Crippen LogP contribution in [-0.4, -0.2) is 61.7 Å². The molecule has 0 saturated carbocycles. The van der Waals surface area contributed by atoms with Crippen molar-refractivity contribution in [3.05, 3.63) is 41.2 Å². The van der Waals surface area contributed by atoms with Crippen molar-refractivity contribution >= 4 is 23.5 Å². The molecule has 1 aromatic carbocycles. The lowest BCUT2D eigenvalue weighted by Gasteiger charge is -2.33. The molecule has 2 aromatic rings. The van der Waals surface area contributed by atoms with Crippen LogP contribution >= 0.6 is 11.6 Å². The zero-order valence-corrected chi connectivity index (χ0v) is 17.4. The molecule has 1 aromatic heterocycles. The van der Waals surface area contributed by atoms with Gasteiger partial charge in [0.15, 0.2) is 0 Å². The van der Waals surface area contributed by atoms with Gasteiger partial charge in [-0.1, -0.05) is 23.7 Å². The van der Waals surface area contributed by atoms with E-state index in [1.165, 1.54) is 0 Å². The number of ether oxygens (including phenoxy) is 1. The summed E-state index contributed by atoms with van der Waals surface area (Å²) < 4.78 is 5.06. The van der Waals surface area contributed by atoms with Crippen molar-refractivity contribution in [2.45, 2.75) is 25.2 Å². The van der Waals surface area contributed by atoms with Crippen LogP contribution in [0.5, 0.6) is 0 Å². The molecule has 150 valence electrons. The summed E-state index contributed by atoms with van der Waals surface area (Å²) in [6, 6.07) is 7.75. The number of methoxy groups -OCH3 is 1. The zero-order chi connectivity index (χ0) is 20.1. The lowest BCUT2D eigenvalue weighted by Crippen LogP contribution is -2.39. The average molecular weight is 403 g/mol. The highest BCUT2D eigenvalue weighted by Gasteiger charge is 2.28. The quantitative estimate of drug-likeness (QED) is 0.738. The Labute approximate surface area is 171 Å². The third kappa shape index (κ3) is 4.80. The third-order valence-corrected chi connectivity index (χ3v) is 5.26. The molecular formula is C21H27ClN4O2. The molecule has 6 nitrogen and oxygen atoms in total. The molecule has 1 atom stereocenters. The largest absolute Gasteiger partial charge is 0.384 e. The summed E-state index contributed by atoms with van der Waals surface area (Å²) in [6.45, 7) is 1.91. The summed E-state index contributed by atoms with van der Waals surface area (Å²) in [5.74, 6) is 0.970. The van der Waals surface area contributed by atoms with Crippen LogP contribution in [0.15, 0.2) is 30.5 Å². The normalized spacial score (nSPS) is 16.9. The number of carbonyl (C=O) groups excluding carboxylic acids is 1. The summed E-state index contributed by atoms with van der Waals surface area (Å²) >= 11 is 6.21. The molecule has 0 radical (unpaired) electrons. The fourth-order valence-electron chi connectivity index (χ4n) is 3.56. The number of piperidine rings is 1. The highest BCUT2D eigenvalue weighted by Crippen LogP contribution is 2.34. The smallest absolute Gasteiger partial charge is 0.225 e. The van der Waals surface area contributed by atoms with Crippen molar-refractivity contribution in [3.8, 4) is 11.1 Å². The Kier molecular flexibility index (Phi) is 6.86. The summed E-state index contributed by atoms with van der Waals surface area (Å²) in [5, 5.41) is 0.681. The molecule has 1 amide bonds. The molecule has 1 unspecified atom stereocenters. The van der Waals surface area contributed by atoms with E-state index in [0.29, 0.717) is 30.5 Å². The summed E-state index contributed by atoms with van der Waals surface area (Å²) in [6.07, 6.45) is 4.23. The van der Waals surface area contributed by atoms with E-state index in [1.54, 1.807) is 7.11 Å². The maximum atomic E-state index is 12.5. The van der Waals surface area contributed by atoms with Crippen molar-refractivity contribution in [2.24, 2.45) is 0 Å². The molecule has 1 aliphatic heterocycles. The molecule has 1 saturated heterocycles. The maximum absolute atomic E-state index is 12.5. The van der Waals surface area contributed by atoms with E-state index >= 15 is 0 Å². The molecular weight excluding hydrogens is 376 g/mol. The van der Waals surface area contributed by atoms with Crippen molar-refractivity contribution in [1.29, 1.82) is 0 Å². The molecule has 3 rings (SSSR count). The molecule has 7 heteroatoms. The van der Waals surface area contributed by atoms with Crippen LogP contribution < -0.4 is 4.90 Å². The SMILES string of the molecule is COCCC(=O)N1CCCC(c2nc(N(C)C)ncc2-c2cccc(Cl)c2)C1. The predicted molar refractivity (Wildman–Crippen MR) is 112 cm³/mol. The van der Waals surface area contributed by atoms with Gasteiger partial charge in [0.1, 0.15) is 0 Å². The van der Waals surface area contributed by atoms with E-state index in [9.17, 15) is 4.79 Å². The van der Waals surface area contributed by atoms with E-state index in [2.05, 4.69) is 4.98 Å². The van der Waals surface area contributed by atoms with Gasteiger partial charge in [0.2, 0.25) is 11.9 Å². The Hall–Kier alpha value is -2.18. The first-order valence-electron chi connectivity index (χ1n) is 9.56. The van der Waals surface area contributed by atoms with E-state index < -0.39 is 0 Å². The number of hydrogen-bond donors (Lipinski definition) is 0. The molecule has 0 spiro atoms. The van der Waals surface area contributed by atoms with Gasteiger partial charge < -0.3 is 14.5 Å². The Bertz CT molecular complexity index is 828. The van der Waals surface area contributed by atoms with Crippen LogP contribution in [0.3, 0.4) is 0 Å². The molecule has 0 bridgehead atoms. The second kappa shape index (κ2) is 9.34. The number of benzene rings is 1. The van der Waals surface area contributed by atoms with Gasteiger partial charge in [-0.15, -0.1) is 0 Å². The molecule has 0 aliphatic carbocycles. The first-order valence-corrected chi connectivity index (χ1v) is 9.94. The van der Waals surface area contributed by atoms with Crippen LogP contribution in [0.1, 0.15) is 30.9 Å². The monoisotopic (exact) mass is 402 g/mol. The number of likely N-dealkylation sites (tertiary alicyclic amines) is 1. The predicted octanol–water partition coefficient (Wildman–Crippen LogP) is 3.61. The number of halogens is 1. The summed E-state index contributed by atoms with van der Waals surface area (Å²) in [7, 11) is 5.48. The van der Waals surface area contributed by atoms with Crippen molar-refractivity contribution < 1.29 is 9.53 Å². The number of carbonyl (C=O) groups is 1. The molecule has 1 fully saturated rings. The average Bonchev–Trinajstić information content (AvgIpc) is 2.71. The van der Waals surface area contributed by atoms with Crippen LogP contribution in [-0.2, 0) is 9.53 Å². The van der Waals surface area contributed by atoms with Gasteiger partial charge in [-0.3, -0.25) is 4.79 Å². The molecule has 0 N–H and O–H groups in total. The Morgan fingerprint density at radius 1 is 1.39 bits per heavy atom. The summed E-state index contributed by atoms with van der Waals surface area (Å²) in [5.41, 5.74) is 2.95. The van der Waals surface area contributed by atoms with Gasteiger partial charge in [-0.25, -0.2) is 9.97 Å². The lowest BCUT2D eigenvalue weighted by atomic mass is 9.90. The van der Waals surface area contributed by atoms with E-state index in [0.717, 1.165) is 36.2 Å². The van der Waals surface area contributed by atoms with Crippen molar-refractivity contribution in [3.63, 3.8) is 0 Å². The van der Waals surface area contributed by atoms with E-state index in [4.69, 9.17) is 21.3 Å². The van der Waals surface area contributed by atoms with E-state index in [1.807, 2.05) is 54.4 Å². The minimum Gasteiger partial charge on any atom is -0.384 e. The summed E-state index contributed by atoms with van der Waals surface area (Å²) in [4.78, 5) is 25.7. The van der Waals surface area contributed by atoms with Crippen LogP contribution in [0.4, 0.5) is 5.95 Å². The number of aromatic nitrogens is 2. The number of rotatable bonds is 6. The maximum Gasteiger partial charge on any atom is 0.225 e. The van der Waals surface area contributed by atoms with E-state index in [-0.39, 0.29) is 11.8 Å². The number of anilines is 1. The second-order valence-electron chi connectivity index (χ2n) is 7.30. The van der Waals surface area contributed by atoms with Gasteiger partial charge >= 0.3 is 0 Å². The number of hydrogen-bond acceptors (Lipinski definition) is 5. The standard InChI is InChI=1S/C21H27ClN4O2/c1-25(2)21-23-13-18(15-6-4-8-17(22)12-15)20(24-21)16-7-5-10-26(14-16)19(27)9-11-28-3/h4,6,8,12-13,16H,5,7,9-11,14H2,1-3H3. The van der Waals surface area contributed by atoms with Crippen LogP contribution in [0, 0.1) is 0 Å². The van der Waals surface area contributed by atoms with Gasteiger partial charge in [0, 0.05) is 57.0 Å². The van der Waals surface area contributed by atoms with Gasteiger partial charge in [0.05, 0.1) is 18.7 Å². The fraction of sp³-hybridized carbons (Fsp3) is 0.476. The second-order valence-corrected chi connectivity index (χ2v) is 7.73. The highest BCUT2D eigenvalue weighted by atomic mass is 35.5. The molecule has 28 heavy (non-hydrogen) atoms. The van der Waals surface area contributed by atoms with Gasteiger partial charge in [-0.2, -0.15) is 0 Å². The van der Waals surface area contributed by atoms with Crippen molar-refractivity contribution in [1.82, 2.24) is 14.9 Å². The zero-order valence-electron chi connectivity index (χ0n) is 16.7. The topological polar surface area (TPSA) is 58.6 Å². The Morgan fingerprint density at radius 3 is 2.93 bits per heavy atom. The number of amides is 1. The van der Waals surface area contributed by atoms with Crippen LogP contribution in [0.2, 0.25) is 5.02 Å². The Morgan fingerprint density at radius 2 is 2.21 bits per heavy atom. The van der Waals surface area contributed by atoms with Crippen molar-refractivity contribution in [2.75, 3.05) is 45.8 Å². The number of nitrogens with zero attached hydrogens (tertiary/aromatic N) is 4. The Balaban J connectivity index is 1.94. The third-order valence-electron chi connectivity index (χ3n) is 5.02. The minimum absolute atomic E-state index is 0.137.